The first kappa shape index (κ1) is 16.6. The summed E-state index contributed by atoms with van der Waals surface area (Å²) in [5, 5.41) is 4.13. The molecule has 1 aromatic carbocycles. The molecule has 1 heterocycles. The molecule has 0 bridgehead atoms. The van der Waals surface area contributed by atoms with E-state index in [1.54, 1.807) is 25.1 Å². The van der Waals surface area contributed by atoms with Crippen LogP contribution < -0.4 is 0 Å². The highest BCUT2D eigenvalue weighted by Gasteiger charge is 2.25. The van der Waals surface area contributed by atoms with Gasteiger partial charge in [-0.25, -0.2) is 9.18 Å². The molecule has 0 aliphatic heterocycles. The summed E-state index contributed by atoms with van der Waals surface area (Å²) in [6.45, 7) is 3.35. The van der Waals surface area contributed by atoms with Crippen molar-refractivity contribution in [2.24, 2.45) is 0 Å². The van der Waals surface area contributed by atoms with Gasteiger partial charge in [-0.15, -0.1) is 0 Å². The van der Waals surface area contributed by atoms with E-state index in [4.69, 9.17) is 4.74 Å². The van der Waals surface area contributed by atoms with Gasteiger partial charge in [0.2, 0.25) is 0 Å². The molecule has 0 amide bonds. The lowest BCUT2D eigenvalue weighted by Crippen LogP contribution is -2.11. The molecule has 0 saturated carbocycles. The summed E-state index contributed by atoms with van der Waals surface area (Å²) in [5.41, 5.74) is 0.732. The molecule has 1 aromatic heterocycles. The van der Waals surface area contributed by atoms with Crippen LogP contribution >= 0.6 is 22.6 Å². The Bertz CT molecular complexity index is 728. The van der Waals surface area contributed by atoms with Crippen molar-refractivity contribution in [3.63, 3.8) is 0 Å². The molecular formula is C15H14FIN2O3. The molecule has 0 unspecified atom stereocenters. The van der Waals surface area contributed by atoms with Crippen molar-refractivity contribution in [2.45, 2.75) is 20.4 Å². The maximum atomic E-state index is 13.8. The van der Waals surface area contributed by atoms with Gasteiger partial charge < -0.3 is 4.74 Å². The second kappa shape index (κ2) is 6.99. The Kier molecular flexibility index (Phi) is 5.28. The zero-order chi connectivity index (χ0) is 16.3. The maximum Gasteiger partial charge on any atom is 0.359 e. The highest BCUT2D eigenvalue weighted by Crippen LogP contribution is 2.20. The van der Waals surface area contributed by atoms with Crippen LogP contribution in [0.2, 0.25) is 0 Å². The lowest BCUT2D eigenvalue weighted by molar-refractivity contribution is 0.0517. The molecule has 0 radical (unpaired) electrons. The van der Waals surface area contributed by atoms with Crippen molar-refractivity contribution in [3.05, 3.63) is 50.6 Å². The van der Waals surface area contributed by atoms with Crippen molar-refractivity contribution >= 4 is 34.3 Å². The predicted molar refractivity (Wildman–Crippen MR) is 86.4 cm³/mol. The monoisotopic (exact) mass is 416 g/mol. The average Bonchev–Trinajstić information content (AvgIpc) is 2.78. The van der Waals surface area contributed by atoms with Crippen LogP contribution in [0.3, 0.4) is 0 Å². The summed E-state index contributed by atoms with van der Waals surface area (Å²) in [6, 6.07) is 6.23. The Morgan fingerprint density at radius 3 is 2.64 bits per heavy atom. The summed E-state index contributed by atoms with van der Waals surface area (Å²) in [4.78, 5) is 23.7. The number of benzene rings is 1. The molecule has 7 heteroatoms. The standard InChI is InChI=1S/C15H14FIN2O3/c1-3-22-15(21)13-12(17)14(9(2)20)19(18-13)8-10-6-4-5-7-11(10)16/h4-7H,3,8H2,1-2H3. The Hall–Kier alpha value is -1.77. The van der Waals surface area contributed by atoms with E-state index >= 15 is 0 Å². The lowest BCUT2D eigenvalue weighted by atomic mass is 10.2. The summed E-state index contributed by atoms with van der Waals surface area (Å²) >= 11 is 1.88. The minimum absolute atomic E-state index is 0.0665. The van der Waals surface area contributed by atoms with Crippen molar-refractivity contribution in [1.29, 1.82) is 0 Å². The van der Waals surface area contributed by atoms with Crippen LogP contribution in [0.15, 0.2) is 24.3 Å². The third kappa shape index (κ3) is 3.34. The molecular weight excluding hydrogens is 402 g/mol. The van der Waals surface area contributed by atoms with Crippen LogP contribution in [-0.4, -0.2) is 28.1 Å². The fourth-order valence-electron chi connectivity index (χ4n) is 2.01. The van der Waals surface area contributed by atoms with Crippen molar-refractivity contribution in [1.82, 2.24) is 9.78 Å². The van der Waals surface area contributed by atoms with E-state index in [2.05, 4.69) is 5.10 Å². The minimum atomic E-state index is -0.596. The van der Waals surface area contributed by atoms with Gasteiger partial charge in [-0.2, -0.15) is 5.10 Å². The molecule has 0 atom stereocenters. The summed E-state index contributed by atoms with van der Waals surface area (Å²) in [6.07, 6.45) is 0. The number of halogens is 2. The van der Waals surface area contributed by atoms with Crippen molar-refractivity contribution < 1.29 is 18.7 Å². The highest BCUT2D eigenvalue weighted by atomic mass is 127. The lowest BCUT2D eigenvalue weighted by Gasteiger charge is -2.06. The molecule has 116 valence electrons. The smallest absolute Gasteiger partial charge is 0.359 e. The minimum Gasteiger partial charge on any atom is -0.461 e. The molecule has 0 N–H and O–H groups in total. The number of esters is 1. The average molecular weight is 416 g/mol. The van der Waals surface area contributed by atoms with Crippen LogP contribution in [0.25, 0.3) is 0 Å². The summed E-state index contributed by atoms with van der Waals surface area (Å²) < 4.78 is 20.5. The van der Waals surface area contributed by atoms with Gasteiger partial charge in [0.1, 0.15) is 11.5 Å². The fourth-order valence-corrected chi connectivity index (χ4v) is 2.99. The quantitative estimate of drug-likeness (QED) is 0.427. The molecule has 5 nitrogen and oxygen atoms in total. The number of hydrogen-bond donors (Lipinski definition) is 0. The van der Waals surface area contributed by atoms with E-state index in [1.807, 2.05) is 22.6 Å². The predicted octanol–water partition coefficient (Wildman–Crippen LogP) is 3.05. The number of aromatic nitrogens is 2. The summed E-state index contributed by atoms with van der Waals surface area (Å²) in [5.74, 6) is -1.23. The molecule has 2 rings (SSSR count). The number of Topliss-reactive ketones (excluding diaryl/α,β-unsaturated/α-hetero) is 1. The van der Waals surface area contributed by atoms with E-state index in [1.165, 1.54) is 17.7 Å². The topological polar surface area (TPSA) is 61.2 Å². The van der Waals surface area contributed by atoms with Gasteiger partial charge in [0.25, 0.3) is 0 Å². The molecule has 22 heavy (non-hydrogen) atoms. The van der Waals surface area contributed by atoms with Crippen molar-refractivity contribution in [2.75, 3.05) is 6.61 Å². The van der Waals surface area contributed by atoms with Gasteiger partial charge in [0.05, 0.1) is 16.7 Å². The molecule has 0 fully saturated rings. The number of ether oxygens (including phenoxy) is 1. The number of carbonyl (C=O) groups is 2. The van der Waals surface area contributed by atoms with Crippen LogP contribution in [0, 0.1) is 9.39 Å². The van der Waals surface area contributed by atoms with Gasteiger partial charge in [-0.05, 0) is 35.6 Å². The molecule has 0 aliphatic rings. The largest absolute Gasteiger partial charge is 0.461 e. The molecule has 0 aliphatic carbocycles. The maximum absolute atomic E-state index is 13.8. The van der Waals surface area contributed by atoms with E-state index < -0.39 is 5.97 Å². The van der Waals surface area contributed by atoms with Gasteiger partial charge in [0.15, 0.2) is 11.5 Å². The Morgan fingerprint density at radius 2 is 2.05 bits per heavy atom. The van der Waals surface area contributed by atoms with Gasteiger partial charge >= 0.3 is 5.97 Å². The molecule has 0 spiro atoms. The third-order valence-corrected chi connectivity index (χ3v) is 4.00. The van der Waals surface area contributed by atoms with E-state index in [0.717, 1.165) is 0 Å². The molecule has 0 saturated heterocycles. The number of carbonyl (C=O) groups excluding carboxylic acids is 2. The third-order valence-electron chi connectivity index (χ3n) is 2.97. The van der Waals surface area contributed by atoms with Gasteiger partial charge in [-0.3, -0.25) is 9.48 Å². The van der Waals surface area contributed by atoms with Crippen LogP contribution in [0.4, 0.5) is 4.39 Å². The Balaban J connectivity index is 2.46. The Labute approximate surface area is 140 Å². The SMILES string of the molecule is CCOC(=O)c1nn(Cc2ccccc2F)c(C(C)=O)c1I. The zero-order valence-corrected chi connectivity index (χ0v) is 14.3. The first-order valence-electron chi connectivity index (χ1n) is 6.63. The second-order valence-corrected chi connectivity index (χ2v) is 5.62. The van der Waals surface area contributed by atoms with Crippen LogP contribution in [0.5, 0.6) is 0 Å². The Morgan fingerprint density at radius 1 is 1.36 bits per heavy atom. The first-order chi connectivity index (χ1) is 10.5. The number of rotatable bonds is 5. The van der Waals surface area contributed by atoms with Crippen molar-refractivity contribution in [3.8, 4) is 0 Å². The van der Waals surface area contributed by atoms with Gasteiger partial charge in [-0.1, -0.05) is 18.2 Å². The highest BCUT2D eigenvalue weighted by molar-refractivity contribution is 14.1. The first-order valence-corrected chi connectivity index (χ1v) is 7.71. The number of nitrogens with zero attached hydrogens (tertiary/aromatic N) is 2. The molecule has 2 aromatic rings. The van der Waals surface area contributed by atoms with E-state index in [9.17, 15) is 14.0 Å². The normalized spacial score (nSPS) is 10.5. The summed E-state index contributed by atoms with van der Waals surface area (Å²) in [7, 11) is 0. The second-order valence-electron chi connectivity index (χ2n) is 4.54. The van der Waals surface area contributed by atoms with Crippen LogP contribution in [0.1, 0.15) is 40.4 Å². The van der Waals surface area contributed by atoms with Crippen LogP contribution in [-0.2, 0) is 11.3 Å². The number of ketones is 1. The fraction of sp³-hybridized carbons (Fsp3) is 0.267. The van der Waals surface area contributed by atoms with E-state index in [0.29, 0.717) is 9.13 Å². The number of hydrogen-bond acceptors (Lipinski definition) is 4. The van der Waals surface area contributed by atoms with E-state index in [-0.39, 0.29) is 36.1 Å². The zero-order valence-electron chi connectivity index (χ0n) is 12.1. The van der Waals surface area contributed by atoms with Gasteiger partial charge in [0, 0.05) is 12.5 Å².